The van der Waals surface area contributed by atoms with Gasteiger partial charge >= 0.3 is 0 Å². The predicted octanol–water partition coefficient (Wildman–Crippen LogP) is 4.39. The molecule has 2 aromatic rings. The maximum absolute atomic E-state index is 12.8. The van der Waals surface area contributed by atoms with Crippen LogP contribution in [0.15, 0.2) is 48.5 Å². The van der Waals surface area contributed by atoms with Crippen molar-refractivity contribution in [2.75, 3.05) is 12.8 Å². The van der Waals surface area contributed by atoms with Gasteiger partial charge in [0.05, 0.1) is 5.75 Å². The Morgan fingerprint density at radius 2 is 1.78 bits per heavy atom. The molecule has 0 saturated carbocycles. The minimum Gasteiger partial charge on any atom is -0.357 e. The molecule has 1 N–H and O–H groups in total. The van der Waals surface area contributed by atoms with Crippen LogP contribution in [0, 0.1) is 0 Å². The number of carbonyl (C=O) groups is 2. The number of rotatable bonds is 8. The van der Waals surface area contributed by atoms with Gasteiger partial charge in [-0.15, -0.1) is 11.8 Å². The van der Waals surface area contributed by atoms with Crippen LogP contribution in [0.1, 0.15) is 18.1 Å². The van der Waals surface area contributed by atoms with Crippen LogP contribution in [0.5, 0.6) is 0 Å². The van der Waals surface area contributed by atoms with Crippen molar-refractivity contribution in [1.82, 2.24) is 10.2 Å². The Morgan fingerprint density at radius 1 is 1.07 bits per heavy atom. The smallest absolute Gasteiger partial charge is 0.242 e. The molecule has 7 heteroatoms. The number of amides is 2. The molecule has 0 unspecified atom stereocenters. The molecule has 0 fully saturated rings. The maximum atomic E-state index is 12.8. The standard InChI is InChI=1S/C20H22Cl2N2O2S/c1-14(20(26)23-2)24(11-16-4-3-5-18(22)10-16)19(25)13-27-12-15-6-8-17(21)9-7-15/h3-10,14H,11-13H2,1-2H3,(H,23,26)/t14-/m0/s1. The lowest BCUT2D eigenvalue weighted by molar-refractivity contribution is -0.138. The van der Waals surface area contributed by atoms with Gasteiger partial charge < -0.3 is 10.2 Å². The Bertz CT molecular complexity index is 784. The van der Waals surface area contributed by atoms with E-state index in [0.29, 0.717) is 22.3 Å². The summed E-state index contributed by atoms with van der Waals surface area (Å²) in [5, 5.41) is 3.89. The summed E-state index contributed by atoms with van der Waals surface area (Å²) in [6.45, 7) is 2.06. The van der Waals surface area contributed by atoms with Gasteiger partial charge in [-0.1, -0.05) is 47.5 Å². The highest BCUT2D eigenvalue weighted by atomic mass is 35.5. The van der Waals surface area contributed by atoms with Crippen molar-refractivity contribution >= 4 is 46.8 Å². The Hall–Kier alpha value is -1.69. The van der Waals surface area contributed by atoms with Gasteiger partial charge in [-0.3, -0.25) is 9.59 Å². The van der Waals surface area contributed by atoms with E-state index < -0.39 is 6.04 Å². The average Bonchev–Trinajstić information content (AvgIpc) is 2.66. The zero-order valence-corrected chi connectivity index (χ0v) is 17.6. The van der Waals surface area contributed by atoms with E-state index in [1.807, 2.05) is 36.4 Å². The summed E-state index contributed by atoms with van der Waals surface area (Å²) in [5.74, 6) is 0.686. The van der Waals surface area contributed by atoms with Gasteiger partial charge in [0.2, 0.25) is 11.8 Å². The summed E-state index contributed by atoms with van der Waals surface area (Å²) in [6.07, 6.45) is 0. The molecule has 0 aliphatic heterocycles. The molecule has 0 saturated heterocycles. The first-order valence-corrected chi connectivity index (χ1v) is 10.4. The summed E-state index contributed by atoms with van der Waals surface area (Å²) >= 11 is 13.4. The number of thioether (sulfide) groups is 1. The first-order valence-electron chi connectivity index (χ1n) is 8.48. The van der Waals surface area contributed by atoms with Crippen molar-refractivity contribution in [3.63, 3.8) is 0 Å². The van der Waals surface area contributed by atoms with E-state index in [9.17, 15) is 9.59 Å². The van der Waals surface area contributed by atoms with Crippen LogP contribution in [-0.4, -0.2) is 35.6 Å². The second-order valence-electron chi connectivity index (χ2n) is 6.06. The fraction of sp³-hybridized carbons (Fsp3) is 0.300. The van der Waals surface area contributed by atoms with Gasteiger partial charge in [0, 0.05) is 29.4 Å². The SMILES string of the molecule is CNC(=O)[C@H](C)N(Cc1cccc(Cl)c1)C(=O)CSCc1ccc(Cl)cc1. The van der Waals surface area contributed by atoms with E-state index >= 15 is 0 Å². The zero-order chi connectivity index (χ0) is 19.8. The summed E-state index contributed by atoms with van der Waals surface area (Å²) in [5.41, 5.74) is 1.98. The largest absolute Gasteiger partial charge is 0.357 e. The maximum Gasteiger partial charge on any atom is 0.242 e. The zero-order valence-electron chi connectivity index (χ0n) is 15.2. The first kappa shape index (κ1) is 21.6. The highest BCUT2D eigenvalue weighted by molar-refractivity contribution is 7.99. The van der Waals surface area contributed by atoms with Crippen LogP contribution < -0.4 is 5.32 Å². The molecule has 2 amide bonds. The van der Waals surface area contributed by atoms with Gasteiger partial charge in [-0.2, -0.15) is 0 Å². The minimum atomic E-state index is -0.572. The lowest BCUT2D eigenvalue weighted by Gasteiger charge is -2.28. The summed E-state index contributed by atoms with van der Waals surface area (Å²) in [7, 11) is 1.57. The molecule has 27 heavy (non-hydrogen) atoms. The van der Waals surface area contributed by atoms with E-state index in [1.54, 1.807) is 31.0 Å². The number of benzene rings is 2. The predicted molar refractivity (Wildman–Crippen MR) is 113 cm³/mol. The molecule has 0 heterocycles. The van der Waals surface area contributed by atoms with Gasteiger partial charge in [0.25, 0.3) is 0 Å². The summed E-state index contributed by atoms with van der Waals surface area (Å²) < 4.78 is 0. The van der Waals surface area contributed by atoms with Crippen molar-refractivity contribution in [2.45, 2.75) is 25.3 Å². The topological polar surface area (TPSA) is 49.4 Å². The molecular weight excluding hydrogens is 403 g/mol. The molecule has 0 bridgehead atoms. The van der Waals surface area contributed by atoms with Gasteiger partial charge in [-0.25, -0.2) is 0 Å². The highest BCUT2D eigenvalue weighted by Gasteiger charge is 2.25. The summed E-state index contributed by atoms with van der Waals surface area (Å²) in [6, 6.07) is 14.3. The van der Waals surface area contributed by atoms with Gasteiger partial charge in [-0.05, 0) is 42.3 Å². The number of likely N-dealkylation sites (N-methyl/N-ethyl adjacent to an activating group) is 1. The third-order valence-corrected chi connectivity index (χ3v) is 5.54. The normalized spacial score (nSPS) is 11.7. The van der Waals surface area contributed by atoms with E-state index in [-0.39, 0.29) is 17.6 Å². The number of hydrogen-bond donors (Lipinski definition) is 1. The molecule has 2 aromatic carbocycles. The number of nitrogens with one attached hydrogen (secondary N) is 1. The molecule has 0 spiro atoms. The molecule has 0 aliphatic carbocycles. The van der Waals surface area contributed by atoms with Crippen LogP contribution in [0.3, 0.4) is 0 Å². The third-order valence-electron chi connectivity index (χ3n) is 4.06. The molecule has 144 valence electrons. The Balaban J connectivity index is 2.03. The van der Waals surface area contributed by atoms with E-state index in [4.69, 9.17) is 23.2 Å². The van der Waals surface area contributed by atoms with Gasteiger partial charge in [0.15, 0.2) is 0 Å². The third kappa shape index (κ3) is 6.76. The second kappa shape index (κ2) is 10.6. The highest BCUT2D eigenvalue weighted by Crippen LogP contribution is 2.19. The monoisotopic (exact) mass is 424 g/mol. The van der Waals surface area contributed by atoms with Crippen LogP contribution in [0.4, 0.5) is 0 Å². The average molecular weight is 425 g/mol. The van der Waals surface area contributed by atoms with Crippen molar-refractivity contribution < 1.29 is 9.59 Å². The van der Waals surface area contributed by atoms with Crippen LogP contribution in [0.25, 0.3) is 0 Å². The Morgan fingerprint density at radius 3 is 2.41 bits per heavy atom. The van der Waals surface area contributed by atoms with Crippen LogP contribution in [-0.2, 0) is 21.9 Å². The molecule has 0 aromatic heterocycles. The summed E-state index contributed by atoms with van der Waals surface area (Å²) in [4.78, 5) is 26.5. The second-order valence-corrected chi connectivity index (χ2v) is 7.92. The van der Waals surface area contributed by atoms with Crippen LogP contribution in [0.2, 0.25) is 10.0 Å². The van der Waals surface area contributed by atoms with Crippen molar-refractivity contribution in [1.29, 1.82) is 0 Å². The van der Waals surface area contributed by atoms with Gasteiger partial charge in [0.1, 0.15) is 6.04 Å². The quantitative estimate of drug-likeness (QED) is 0.683. The number of halogens is 2. The molecule has 2 rings (SSSR count). The van der Waals surface area contributed by atoms with E-state index in [1.165, 1.54) is 11.8 Å². The molecular formula is C20H22Cl2N2O2S. The molecule has 4 nitrogen and oxygen atoms in total. The van der Waals surface area contributed by atoms with Crippen molar-refractivity contribution in [3.8, 4) is 0 Å². The lowest BCUT2D eigenvalue weighted by Crippen LogP contribution is -2.47. The number of carbonyl (C=O) groups excluding carboxylic acids is 2. The van der Waals surface area contributed by atoms with Crippen molar-refractivity contribution in [2.24, 2.45) is 0 Å². The fourth-order valence-corrected chi connectivity index (χ4v) is 3.75. The fourth-order valence-electron chi connectivity index (χ4n) is 2.54. The van der Waals surface area contributed by atoms with E-state index in [0.717, 1.165) is 11.1 Å². The van der Waals surface area contributed by atoms with E-state index in [2.05, 4.69) is 5.32 Å². The van der Waals surface area contributed by atoms with Crippen LogP contribution >= 0.6 is 35.0 Å². The molecule has 0 radical (unpaired) electrons. The number of hydrogen-bond acceptors (Lipinski definition) is 3. The molecule has 1 atom stereocenters. The Kier molecular flexibility index (Phi) is 8.48. The Labute approximate surface area is 174 Å². The first-order chi connectivity index (χ1) is 12.9. The van der Waals surface area contributed by atoms with Crippen molar-refractivity contribution in [3.05, 3.63) is 69.7 Å². The molecule has 0 aliphatic rings. The number of nitrogens with zero attached hydrogens (tertiary/aromatic N) is 1. The lowest BCUT2D eigenvalue weighted by atomic mass is 10.1. The minimum absolute atomic E-state index is 0.0926.